The second-order valence-corrected chi connectivity index (χ2v) is 6.23. The Morgan fingerprint density at radius 2 is 2.10 bits per heavy atom. The van der Waals surface area contributed by atoms with Gasteiger partial charge in [-0.05, 0) is 43.7 Å². The lowest BCUT2D eigenvalue weighted by Crippen LogP contribution is -2.37. The summed E-state index contributed by atoms with van der Waals surface area (Å²) in [7, 11) is 0. The molecule has 3 N–H and O–H groups in total. The number of para-hydroxylation sites is 1. The monoisotopic (exact) mass is 283 g/mol. The van der Waals surface area contributed by atoms with Gasteiger partial charge in [0.15, 0.2) is 0 Å². The fraction of sp³-hybridized carbons (Fsp3) is 0.471. The number of aromatic amines is 1. The lowest BCUT2D eigenvalue weighted by atomic mass is 9.92. The van der Waals surface area contributed by atoms with Crippen LogP contribution < -0.4 is 10.6 Å². The lowest BCUT2D eigenvalue weighted by Gasteiger charge is -2.23. The summed E-state index contributed by atoms with van der Waals surface area (Å²) in [5, 5.41) is 7.80. The molecule has 1 aromatic carbocycles. The quantitative estimate of drug-likeness (QED) is 0.807. The van der Waals surface area contributed by atoms with E-state index < -0.39 is 0 Å². The summed E-state index contributed by atoms with van der Waals surface area (Å²) in [6.07, 6.45) is 5.68. The molecule has 1 amide bonds. The van der Waals surface area contributed by atoms with Crippen molar-refractivity contribution in [2.24, 2.45) is 0 Å². The van der Waals surface area contributed by atoms with E-state index in [1.165, 1.54) is 28.6 Å². The minimum atomic E-state index is 0.126. The zero-order valence-corrected chi connectivity index (χ0v) is 12.1. The highest BCUT2D eigenvalue weighted by Gasteiger charge is 2.26. The van der Waals surface area contributed by atoms with Crippen LogP contribution in [0.4, 0.5) is 0 Å². The molecule has 21 heavy (non-hydrogen) atoms. The summed E-state index contributed by atoms with van der Waals surface area (Å²) in [4.78, 5) is 15.4. The Balaban J connectivity index is 1.51. The molecule has 0 saturated heterocycles. The Labute approximate surface area is 124 Å². The number of fused-ring (bicyclic) bond motifs is 3. The van der Waals surface area contributed by atoms with Gasteiger partial charge >= 0.3 is 0 Å². The van der Waals surface area contributed by atoms with Crippen LogP contribution in [0.3, 0.4) is 0 Å². The molecule has 1 aromatic heterocycles. The lowest BCUT2D eigenvalue weighted by molar-refractivity contribution is -0.120. The maximum Gasteiger partial charge on any atom is 0.234 e. The van der Waals surface area contributed by atoms with Gasteiger partial charge in [0.2, 0.25) is 5.91 Å². The molecule has 0 spiro atoms. The Hall–Kier alpha value is -1.81. The number of benzene rings is 1. The third kappa shape index (κ3) is 2.56. The molecule has 0 aliphatic heterocycles. The number of H-pyrrole nitrogens is 1. The normalized spacial score (nSPS) is 21.2. The van der Waals surface area contributed by atoms with Crippen LogP contribution >= 0.6 is 0 Å². The number of carbonyl (C=O) groups is 1. The van der Waals surface area contributed by atoms with Crippen molar-refractivity contribution in [2.75, 3.05) is 6.54 Å². The molecule has 4 nitrogen and oxygen atoms in total. The van der Waals surface area contributed by atoms with E-state index in [9.17, 15) is 4.79 Å². The van der Waals surface area contributed by atoms with Crippen molar-refractivity contribution in [3.8, 4) is 0 Å². The number of rotatable bonds is 4. The molecule has 110 valence electrons. The minimum Gasteiger partial charge on any atom is -0.357 e. The number of hydrogen-bond donors (Lipinski definition) is 3. The van der Waals surface area contributed by atoms with Crippen LogP contribution in [0, 0.1) is 0 Å². The second-order valence-electron chi connectivity index (χ2n) is 6.23. The summed E-state index contributed by atoms with van der Waals surface area (Å²) >= 11 is 0. The molecule has 1 saturated carbocycles. The van der Waals surface area contributed by atoms with E-state index in [1.54, 1.807) is 0 Å². The van der Waals surface area contributed by atoms with Crippen molar-refractivity contribution >= 4 is 16.8 Å². The maximum absolute atomic E-state index is 11.8. The highest BCUT2D eigenvalue weighted by molar-refractivity contribution is 5.85. The highest BCUT2D eigenvalue weighted by atomic mass is 16.2. The first-order chi connectivity index (χ1) is 10.3. The highest BCUT2D eigenvalue weighted by Crippen LogP contribution is 2.34. The van der Waals surface area contributed by atoms with Crippen LogP contribution in [-0.4, -0.2) is 23.5 Å². The predicted molar refractivity (Wildman–Crippen MR) is 83.1 cm³/mol. The van der Waals surface area contributed by atoms with Crippen LogP contribution in [0.5, 0.6) is 0 Å². The minimum absolute atomic E-state index is 0.126. The molecular formula is C17H21N3O. The van der Waals surface area contributed by atoms with E-state index in [4.69, 9.17) is 0 Å². The Kier molecular flexibility index (Phi) is 3.19. The van der Waals surface area contributed by atoms with Crippen molar-refractivity contribution < 1.29 is 4.79 Å². The van der Waals surface area contributed by atoms with Crippen molar-refractivity contribution in [2.45, 2.75) is 44.2 Å². The molecule has 2 aliphatic rings. The largest absolute Gasteiger partial charge is 0.357 e. The molecule has 0 radical (unpaired) electrons. The maximum atomic E-state index is 11.8. The van der Waals surface area contributed by atoms with Gasteiger partial charge in [-0.1, -0.05) is 18.2 Å². The van der Waals surface area contributed by atoms with Crippen LogP contribution in [-0.2, 0) is 11.2 Å². The van der Waals surface area contributed by atoms with Gasteiger partial charge in [-0.2, -0.15) is 0 Å². The number of aromatic nitrogens is 1. The summed E-state index contributed by atoms with van der Waals surface area (Å²) in [5.74, 6) is 0.126. The first-order valence-corrected chi connectivity index (χ1v) is 7.93. The van der Waals surface area contributed by atoms with E-state index >= 15 is 0 Å². The first-order valence-electron chi connectivity index (χ1n) is 7.93. The van der Waals surface area contributed by atoms with Crippen molar-refractivity contribution in [3.63, 3.8) is 0 Å². The van der Waals surface area contributed by atoms with Crippen LogP contribution in [0.1, 0.15) is 43.0 Å². The van der Waals surface area contributed by atoms with E-state index in [1.807, 2.05) is 0 Å². The number of carbonyl (C=O) groups excluding carboxylic acids is 1. The molecule has 2 aliphatic carbocycles. The van der Waals surface area contributed by atoms with Gasteiger partial charge in [-0.25, -0.2) is 0 Å². The van der Waals surface area contributed by atoms with Crippen molar-refractivity contribution in [1.29, 1.82) is 0 Å². The summed E-state index contributed by atoms with van der Waals surface area (Å²) in [6, 6.07) is 9.18. The van der Waals surface area contributed by atoms with Crippen LogP contribution in [0.2, 0.25) is 0 Å². The zero-order chi connectivity index (χ0) is 14.2. The van der Waals surface area contributed by atoms with Gasteiger partial charge in [0.1, 0.15) is 0 Å². The smallest absolute Gasteiger partial charge is 0.234 e. The average Bonchev–Trinajstić information content (AvgIpc) is 3.23. The molecule has 1 heterocycles. The molecular weight excluding hydrogens is 262 g/mol. The fourth-order valence-electron chi connectivity index (χ4n) is 3.34. The standard InChI is InChI=1S/C17H21N3O/c21-16(19-11-8-9-11)10-18-15-7-3-5-13-12-4-1-2-6-14(12)20-17(13)15/h1-2,4,6,11,15,18,20H,3,5,7-10H2,(H,19,21). The van der Waals surface area contributed by atoms with Gasteiger partial charge in [0.25, 0.3) is 0 Å². The van der Waals surface area contributed by atoms with Gasteiger partial charge in [0, 0.05) is 28.7 Å². The number of hydrogen-bond acceptors (Lipinski definition) is 2. The van der Waals surface area contributed by atoms with Crippen molar-refractivity contribution in [1.82, 2.24) is 15.6 Å². The molecule has 1 atom stereocenters. The fourth-order valence-corrected chi connectivity index (χ4v) is 3.34. The molecule has 4 heteroatoms. The van der Waals surface area contributed by atoms with Gasteiger partial charge in [-0.15, -0.1) is 0 Å². The summed E-state index contributed by atoms with van der Waals surface area (Å²) in [5.41, 5.74) is 3.91. The topological polar surface area (TPSA) is 56.9 Å². The second kappa shape index (κ2) is 5.19. The predicted octanol–water partition coefficient (Wildman–Crippen LogP) is 2.41. The van der Waals surface area contributed by atoms with Gasteiger partial charge in [0.05, 0.1) is 6.54 Å². The molecule has 1 fully saturated rings. The zero-order valence-electron chi connectivity index (χ0n) is 12.1. The van der Waals surface area contributed by atoms with Crippen LogP contribution in [0.25, 0.3) is 10.9 Å². The molecule has 4 rings (SSSR count). The SMILES string of the molecule is O=C(CNC1CCCc2c1[nH]c1ccccc21)NC1CC1. The Bertz CT molecular complexity index is 672. The third-order valence-electron chi connectivity index (χ3n) is 4.57. The molecule has 1 unspecified atom stereocenters. The Morgan fingerprint density at radius 3 is 2.95 bits per heavy atom. The molecule has 0 bridgehead atoms. The van der Waals surface area contributed by atoms with Gasteiger partial charge in [-0.3, -0.25) is 4.79 Å². The van der Waals surface area contributed by atoms with E-state index in [-0.39, 0.29) is 11.9 Å². The molecule has 2 aromatic rings. The summed E-state index contributed by atoms with van der Waals surface area (Å²) in [6.45, 7) is 0.413. The summed E-state index contributed by atoms with van der Waals surface area (Å²) < 4.78 is 0. The van der Waals surface area contributed by atoms with Crippen LogP contribution in [0.15, 0.2) is 24.3 Å². The van der Waals surface area contributed by atoms with E-state index in [0.29, 0.717) is 12.6 Å². The van der Waals surface area contributed by atoms with Gasteiger partial charge < -0.3 is 15.6 Å². The van der Waals surface area contributed by atoms with Crippen molar-refractivity contribution in [3.05, 3.63) is 35.5 Å². The van der Waals surface area contributed by atoms with E-state index in [2.05, 4.69) is 39.9 Å². The average molecular weight is 283 g/mol. The number of aryl methyl sites for hydroxylation is 1. The third-order valence-corrected chi connectivity index (χ3v) is 4.57. The first kappa shape index (κ1) is 12.9. The number of nitrogens with one attached hydrogen (secondary N) is 3. The van der Waals surface area contributed by atoms with E-state index in [0.717, 1.165) is 25.7 Å². The number of amides is 1. The Morgan fingerprint density at radius 1 is 1.24 bits per heavy atom.